The maximum absolute atomic E-state index is 14.1. The zero-order chi connectivity index (χ0) is 19.6. The van der Waals surface area contributed by atoms with Crippen molar-refractivity contribution in [2.24, 2.45) is 0 Å². The van der Waals surface area contributed by atoms with Gasteiger partial charge in [-0.3, -0.25) is 0 Å². The average molecular weight is 382 g/mol. The molecule has 0 unspecified atom stereocenters. The molecule has 0 radical (unpaired) electrons. The monoisotopic (exact) mass is 382 g/mol. The van der Waals surface area contributed by atoms with Crippen LogP contribution < -0.4 is 14.8 Å². The van der Waals surface area contributed by atoms with Gasteiger partial charge in [0.15, 0.2) is 23.3 Å². The van der Waals surface area contributed by atoms with Crippen LogP contribution in [-0.4, -0.2) is 7.12 Å². The second-order valence-electron chi connectivity index (χ2n) is 5.34. The van der Waals surface area contributed by atoms with Gasteiger partial charge in [0.05, 0.1) is 5.46 Å². The minimum Gasteiger partial charge on any atom is -0.520 e. The molecule has 0 heterocycles. The van der Waals surface area contributed by atoms with Gasteiger partial charge in [0, 0.05) is 0 Å². The van der Waals surface area contributed by atoms with E-state index in [1.165, 1.54) is 0 Å². The Morgan fingerprint density at radius 1 is 0.593 bits per heavy atom. The maximum atomic E-state index is 14.1. The van der Waals surface area contributed by atoms with Gasteiger partial charge in [-0.15, -0.1) is 0 Å². The highest BCUT2D eigenvalue weighted by Gasteiger charge is 2.33. The summed E-state index contributed by atoms with van der Waals surface area (Å²) in [7, 11) is -1.94. The lowest BCUT2D eigenvalue weighted by atomic mass is 9.78. The topological polar surface area (TPSA) is 18.5 Å². The van der Waals surface area contributed by atoms with Crippen LogP contribution in [0.3, 0.4) is 0 Å². The number of benzene rings is 3. The Bertz CT molecular complexity index is 929. The van der Waals surface area contributed by atoms with Crippen molar-refractivity contribution in [2.45, 2.75) is 0 Å². The van der Waals surface area contributed by atoms with Gasteiger partial charge < -0.3 is 9.31 Å². The Balaban J connectivity index is 2.04. The molecular weight excluding hydrogens is 373 g/mol. The average Bonchev–Trinajstić information content (AvgIpc) is 2.64. The van der Waals surface area contributed by atoms with Gasteiger partial charge in [0.25, 0.3) is 0 Å². The fraction of sp³-hybridized carbons (Fsp3) is 0. The van der Waals surface area contributed by atoms with Gasteiger partial charge in [-0.05, 0) is 42.5 Å². The lowest BCUT2D eigenvalue weighted by molar-refractivity contribution is 0.385. The molecule has 0 saturated heterocycles. The van der Waals surface area contributed by atoms with E-state index in [4.69, 9.17) is 9.31 Å². The summed E-state index contributed by atoms with van der Waals surface area (Å²) in [5.74, 6) is -8.64. The summed E-state index contributed by atoms with van der Waals surface area (Å²) in [6.07, 6.45) is 0. The van der Waals surface area contributed by atoms with Gasteiger partial charge in [-0.2, -0.15) is 8.78 Å². The van der Waals surface area contributed by atoms with Crippen molar-refractivity contribution in [3.63, 3.8) is 0 Å². The normalized spacial score (nSPS) is 10.6. The first kappa shape index (κ1) is 18.7. The fourth-order valence-corrected chi connectivity index (χ4v) is 2.23. The molecule has 0 aliphatic heterocycles. The van der Waals surface area contributed by atoms with Crippen molar-refractivity contribution in [3.05, 3.63) is 89.5 Å². The summed E-state index contributed by atoms with van der Waals surface area (Å²) in [6.45, 7) is 0. The van der Waals surface area contributed by atoms with E-state index in [9.17, 15) is 26.3 Å². The highest BCUT2D eigenvalue weighted by atomic mass is 19.2. The molecule has 0 amide bonds. The fourth-order valence-electron chi connectivity index (χ4n) is 2.23. The van der Waals surface area contributed by atoms with Gasteiger partial charge >= 0.3 is 7.12 Å². The third-order valence-electron chi connectivity index (χ3n) is 3.51. The first-order valence-electron chi connectivity index (χ1n) is 7.53. The number of rotatable bonds is 5. The van der Waals surface area contributed by atoms with Crippen LogP contribution in [0.1, 0.15) is 0 Å². The Morgan fingerprint density at radius 3 is 1.63 bits per heavy atom. The second-order valence-corrected chi connectivity index (χ2v) is 5.34. The molecule has 0 fully saturated rings. The van der Waals surface area contributed by atoms with Crippen molar-refractivity contribution in [1.29, 1.82) is 0 Å². The van der Waals surface area contributed by atoms with E-state index < -0.39 is 59.0 Å². The Kier molecular flexibility index (Phi) is 5.29. The first-order valence-corrected chi connectivity index (χ1v) is 7.53. The highest BCUT2D eigenvalue weighted by molar-refractivity contribution is 6.62. The van der Waals surface area contributed by atoms with Crippen LogP contribution in [0.2, 0.25) is 0 Å². The molecule has 2 nitrogen and oxygen atoms in total. The van der Waals surface area contributed by atoms with Crippen LogP contribution in [0, 0.1) is 34.9 Å². The Hall–Kier alpha value is -3.10. The van der Waals surface area contributed by atoms with E-state index in [0.29, 0.717) is 6.07 Å². The van der Waals surface area contributed by atoms with Crippen molar-refractivity contribution < 1.29 is 35.7 Å². The van der Waals surface area contributed by atoms with Crippen molar-refractivity contribution in [3.8, 4) is 11.5 Å². The van der Waals surface area contributed by atoms with E-state index in [0.717, 1.165) is 48.5 Å². The predicted molar refractivity (Wildman–Crippen MR) is 85.7 cm³/mol. The second kappa shape index (κ2) is 7.65. The van der Waals surface area contributed by atoms with Crippen LogP contribution in [0.25, 0.3) is 0 Å². The third-order valence-corrected chi connectivity index (χ3v) is 3.51. The molecule has 27 heavy (non-hydrogen) atoms. The van der Waals surface area contributed by atoms with Crippen LogP contribution >= 0.6 is 0 Å². The minimum absolute atomic E-state index is 0.567. The zero-order valence-corrected chi connectivity index (χ0v) is 13.4. The highest BCUT2D eigenvalue weighted by Crippen LogP contribution is 2.23. The van der Waals surface area contributed by atoms with E-state index >= 15 is 0 Å². The van der Waals surface area contributed by atoms with E-state index in [1.807, 2.05) is 0 Å². The molecule has 0 aromatic heterocycles. The summed E-state index contributed by atoms with van der Waals surface area (Å²) >= 11 is 0. The molecule has 3 aromatic rings. The molecule has 9 heteroatoms. The molecule has 0 bridgehead atoms. The molecule has 0 aliphatic carbocycles. The van der Waals surface area contributed by atoms with Crippen molar-refractivity contribution in [1.82, 2.24) is 0 Å². The largest absolute Gasteiger partial charge is 0.635 e. The smallest absolute Gasteiger partial charge is 0.520 e. The number of halogens is 6. The molecule has 138 valence electrons. The van der Waals surface area contributed by atoms with Gasteiger partial charge in [0.2, 0.25) is 0 Å². The van der Waals surface area contributed by atoms with Crippen LogP contribution in [0.4, 0.5) is 26.3 Å². The molecule has 0 saturated carbocycles. The molecule has 0 aliphatic rings. The van der Waals surface area contributed by atoms with E-state index in [1.54, 1.807) is 0 Å². The first-order chi connectivity index (χ1) is 12.9. The van der Waals surface area contributed by atoms with Gasteiger partial charge in [-0.1, -0.05) is 12.1 Å². The van der Waals surface area contributed by atoms with Gasteiger partial charge in [-0.25, -0.2) is 17.6 Å². The number of hydrogen-bond acceptors (Lipinski definition) is 2. The van der Waals surface area contributed by atoms with Crippen molar-refractivity contribution >= 4 is 12.6 Å². The summed E-state index contributed by atoms with van der Waals surface area (Å²) in [4.78, 5) is 0. The van der Waals surface area contributed by atoms with Crippen molar-refractivity contribution in [2.75, 3.05) is 0 Å². The standard InChI is InChI=1S/C18H9BF6O2/c20-10-7-8-12(21)11(9-10)19(26-15-5-1-3-13(22)17(15)24)27-16-6-2-4-14(23)18(16)25/h1-9H. The van der Waals surface area contributed by atoms with E-state index in [-0.39, 0.29) is 0 Å². The molecule has 0 spiro atoms. The minimum atomic E-state index is -1.94. The maximum Gasteiger partial charge on any atom is 0.635 e. The Labute approximate surface area is 150 Å². The Morgan fingerprint density at radius 2 is 1.11 bits per heavy atom. The zero-order valence-electron chi connectivity index (χ0n) is 13.4. The molecule has 3 aromatic carbocycles. The number of hydrogen-bond donors (Lipinski definition) is 0. The molecule has 0 atom stereocenters. The lowest BCUT2D eigenvalue weighted by Crippen LogP contribution is -2.45. The molecule has 0 N–H and O–H groups in total. The SMILES string of the molecule is Fc1ccc(F)c(B(Oc2cccc(F)c2F)Oc2cccc(F)c2F)c1. The summed E-state index contributed by atoms with van der Waals surface area (Å²) in [6, 6.07) is 8.08. The van der Waals surface area contributed by atoms with Crippen LogP contribution in [-0.2, 0) is 0 Å². The molecule has 3 rings (SSSR count). The quantitative estimate of drug-likeness (QED) is 0.482. The predicted octanol–water partition coefficient (Wildman–Crippen LogP) is 4.37. The van der Waals surface area contributed by atoms with E-state index in [2.05, 4.69) is 0 Å². The summed E-state index contributed by atoms with van der Waals surface area (Å²) in [5, 5.41) is 0. The summed E-state index contributed by atoms with van der Waals surface area (Å²) in [5.41, 5.74) is -0.567. The van der Waals surface area contributed by atoms with Gasteiger partial charge in [0.1, 0.15) is 23.1 Å². The third kappa shape index (κ3) is 4.02. The molecular formula is C18H9BF6O2. The van der Waals surface area contributed by atoms with Crippen LogP contribution in [0.15, 0.2) is 54.6 Å². The summed E-state index contributed by atoms with van der Waals surface area (Å²) < 4.78 is 92.4. The van der Waals surface area contributed by atoms with Crippen LogP contribution in [0.5, 0.6) is 11.5 Å². The lowest BCUT2D eigenvalue weighted by Gasteiger charge is -2.18.